The predicted molar refractivity (Wildman–Crippen MR) is 150 cm³/mol. The monoisotopic (exact) mass is 567 g/mol. The molecule has 3 fully saturated rings. The number of methoxy groups -OCH3 is 1. The van der Waals surface area contributed by atoms with Crippen molar-refractivity contribution in [1.82, 2.24) is 14.0 Å². The molecular weight excluding hydrogens is 530 g/mol. The zero-order valence-corrected chi connectivity index (χ0v) is 23.9. The van der Waals surface area contributed by atoms with Crippen LogP contribution in [0.25, 0.3) is 23.4 Å². The molecule has 0 spiro atoms. The van der Waals surface area contributed by atoms with Crippen LogP contribution in [0, 0.1) is 11.3 Å². The van der Waals surface area contributed by atoms with E-state index in [0.717, 1.165) is 47.2 Å². The van der Waals surface area contributed by atoms with Crippen LogP contribution in [0.3, 0.4) is 0 Å². The molecule has 9 nitrogen and oxygen atoms in total. The van der Waals surface area contributed by atoms with Gasteiger partial charge in [-0.05, 0) is 72.6 Å². The quantitative estimate of drug-likeness (QED) is 0.442. The Morgan fingerprint density at radius 2 is 1.98 bits per heavy atom. The smallest absolute Gasteiger partial charge is 0.312 e. The second-order valence-electron chi connectivity index (χ2n) is 12.2. The summed E-state index contributed by atoms with van der Waals surface area (Å²) in [6.45, 7) is 0.687. The number of epoxide rings is 1. The molecule has 40 heavy (non-hydrogen) atoms. The molecule has 10 heteroatoms. The number of nitrogens with one attached hydrogen (secondary N) is 2. The Balaban J connectivity index is 1.48. The lowest BCUT2D eigenvalue weighted by Gasteiger charge is -2.46. The van der Waals surface area contributed by atoms with Crippen molar-refractivity contribution in [2.24, 2.45) is 11.3 Å². The molecular formula is C30H37N3O6S. The van der Waals surface area contributed by atoms with Crippen LogP contribution in [0.15, 0.2) is 18.2 Å². The number of fused-ring (bicyclic) bond motifs is 7. The molecule has 2 aromatic rings. The van der Waals surface area contributed by atoms with Crippen LogP contribution in [0.5, 0.6) is 5.75 Å². The highest BCUT2D eigenvalue weighted by Gasteiger charge is 2.57. The van der Waals surface area contributed by atoms with Crippen LogP contribution >= 0.6 is 0 Å². The number of aliphatic carboxylic acids is 1. The second kappa shape index (κ2) is 9.17. The highest BCUT2D eigenvalue weighted by molar-refractivity contribution is 7.87. The lowest BCUT2D eigenvalue weighted by Crippen LogP contribution is -2.51. The van der Waals surface area contributed by atoms with Crippen molar-refractivity contribution in [1.29, 1.82) is 0 Å². The molecule has 7 rings (SSSR count). The van der Waals surface area contributed by atoms with Crippen molar-refractivity contribution in [3.05, 3.63) is 39.9 Å². The van der Waals surface area contributed by atoms with Gasteiger partial charge in [0.15, 0.2) is 5.72 Å². The van der Waals surface area contributed by atoms with E-state index in [1.54, 1.807) is 7.11 Å². The number of carboxylic acids is 1. The number of aromatic nitrogens is 1. The van der Waals surface area contributed by atoms with Crippen molar-refractivity contribution in [2.45, 2.75) is 75.5 Å². The van der Waals surface area contributed by atoms with E-state index < -0.39 is 27.3 Å². The van der Waals surface area contributed by atoms with Crippen LogP contribution in [0.4, 0.5) is 0 Å². The predicted octanol–water partition coefficient (Wildman–Crippen LogP) is 2.53. The van der Waals surface area contributed by atoms with Gasteiger partial charge >= 0.3 is 5.97 Å². The zero-order chi connectivity index (χ0) is 27.9. The molecule has 3 N–H and O–H groups in total. The lowest BCUT2D eigenvalue weighted by molar-refractivity contribution is -0.158. The summed E-state index contributed by atoms with van der Waals surface area (Å²) >= 11 is 0. The summed E-state index contributed by atoms with van der Waals surface area (Å²) in [5, 5.41) is 12.8. The molecule has 3 heterocycles. The van der Waals surface area contributed by atoms with Crippen molar-refractivity contribution < 1.29 is 27.8 Å². The Morgan fingerprint density at radius 3 is 2.60 bits per heavy atom. The summed E-state index contributed by atoms with van der Waals surface area (Å²) in [4.78, 5) is 13.0. The number of rotatable bonds is 7. The van der Waals surface area contributed by atoms with Crippen LogP contribution < -0.4 is 24.7 Å². The molecule has 1 saturated heterocycles. The van der Waals surface area contributed by atoms with Crippen molar-refractivity contribution in [2.75, 3.05) is 20.8 Å². The van der Waals surface area contributed by atoms with Gasteiger partial charge in [-0.15, -0.1) is 0 Å². The maximum absolute atomic E-state index is 13.0. The summed E-state index contributed by atoms with van der Waals surface area (Å²) in [6.07, 6.45) is 12.4. The minimum Gasteiger partial charge on any atom is -0.497 e. The summed E-state index contributed by atoms with van der Waals surface area (Å²) in [6, 6.07) is 6.17. The fourth-order valence-electron chi connectivity index (χ4n) is 7.92. The summed E-state index contributed by atoms with van der Waals surface area (Å²) < 4.78 is 43.5. The molecule has 4 atom stereocenters. The zero-order valence-electron chi connectivity index (χ0n) is 23.0. The molecule has 3 aliphatic carbocycles. The first kappa shape index (κ1) is 26.3. The van der Waals surface area contributed by atoms with Crippen molar-refractivity contribution in [3.63, 3.8) is 0 Å². The largest absolute Gasteiger partial charge is 0.497 e. The molecule has 2 saturated carbocycles. The number of hydrogen-bond acceptors (Lipinski definition) is 5. The standard InChI is InChI=1S/C30H37N3O6S/c1-31-40(36,37)32-30(17-39-30)19-8-10-22-25(14-19)33-16-29(28(34)35)13-12-24(29)23-15-20(38-2)9-11-21(23)27(33)26(22)18-6-4-3-5-7-18/h9-11,14-15,18-19,24,31-32H,3-8,12-13,16-17H2,1-2H3,(H,34,35). The van der Waals surface area contributed by atoms with Gasteiger partial charge in [-0.1, -0.05) is 31.4 Å². The van der Waals surface area contributed by atoms with Gasteiger partial charge in [0.25, 0.3) is 10.2 Å². The van der Waals surface area contributed by atoms with Gasteiger partial charge < -0.3 is 19.1 Å². The SMILES string of the molecule is CNS(=O)(=O)NC1(C2C=c3c(c(C4CCCCC4)c4n3CC3(C(=O)O)CCC3c3cc(OC)ccc3-4)=CC2)CO1. The van der Waals surface area contributed by atoms with Gasteiger partial charge in [-0.2, -0.15) is 13.1 Å². The third-order valence-electron chi connectivity index (χ3n) is 10.3. The highest BCUT2D eigenvalue weighted by Crippen LogP contribution is 2.59. The average Bonchev–Trinajstić information content (AvgIpc) is 3.65. The molecule has 1 aromatic carbocycles. The van der Waals surface area contributed by atoms with Gasteiger partial charge in [0.05, 0.1) is 24.8 Å². The van der Waals surface area contributed by atoms with Gasteiger partial charge in [-0.3, -0.25) is 4.79 Å². The number of nitrogens with zero attached hydrogens (tertiary/aromatic N) is 1. The molecule has 5 aliphatic rings. The Kier molecular flexibility index (Phi) is 6.02. The third-order valence-corrected chi connectivity index (χ3v) is 11.4. The van der Waals surface area contributed by atoms with Gasteiger partial charge in [0.1, 0.15) is 5.75 Å². The Labute approximate surface area is 234 Å². The van der Waals surface area contributed by atoms with Crippen molar-refractivity contribution >= 4 is 28.3 Å². The Bertz CT molecular complexity index is 1620. The lowest BCUT2D eigenvalue weighted by atomic mass is 9.57. The first-order valence-electron chi connectivity index (χ1n) is 14.4. The van der Waals surface area contributed by atoms with E-state index in [0.29, 0.717) is 31.9 Å². The Morgan fingerprint density at radius 1 is 1.20 bits per heavy atom. The van der Waals surface area contributed by atoms with E-state index >= 15 is 0 Å². The molecule has 214 valence electrons. The minimum atomic E-state index is -3.71. The Hall–Kier alpha value is -2.66. The molecule has 4 unspecified atom stereocenters. The first-order valence-corrected chi connectivity index (χ1v) is 15.9. The first-order chi connectivity index (χ1) is 19.2. The number of benzene rings is 1. The topological polar surface area (TPSA) is 122 Å². The van der Waals surface area contributed by atoms with E-state index in [4.69, 9.17) is 9.47 Å². The molecule has 1 aromatic heterocycles. The summed E-state index contributed by atoms with van der Waals surface area (Å²) in [5.74, 6) is 0.0934. The fraction of sp³-hybridized carbons (Fsp3) is 0.567. The van der Waals surface area contributed by atoms with Gasteiger partial charge in [-0.25, -0.2) is 4.72 Å². The second-order valence-corrected chi connectivity index (χ2v) is 13.8. The van der Waals surface area contributed by atoms with Crippen molar-refractivity contribution in [3.8, 4) is 17.0 Å². The molecule has 0 radical (unpaired) electrons. The van der Waals surface area contributed by atoms with Crippen LogP contribution in [0.1, 0.15) is 74.3 Å². The number of carboxylic acid groups (broad SMARTS) is 1. The molecule has 0 bridgehead atoms. The van der Waals surface area contributed by atoms with E-state index in [1.165, 1.54) is 37.1 Å². The third kappa shape index (κ3) is 3.83. The van der Waals surface area contributed by atoms with E-state index in [9.17, 15) is 18.3 Å². The fourth-order valence-corrected chi connectivity index (χ4v) is 8.75. The van der Waals surface area contributed by atoms with Gasteiger partial charge in [0.2, 0.25) is 0 Å². The number of ether oxygens (including phenoxy) is 2. The number of hydrogen-bond donors (Lipinski definition) is 3. The van der Waals surface area contributed by atoms with E-state index in [-0.39, 0.29) is 11.8 Å². The van der Waals surface area contributed by atoms with Crippen LogP contribution in [-0.2, 0) is 26.3 Å². The maximum atomic E-state index is 13.0. The van der Waals surface area contributed by atoms with Gasteiger partial charge in [0, 0.05) is 36.3 Å². The minimum absolute atomic E-state index is 0.0891. The number of carbonyl (C=O) groups is 1. The summed E-state index contributed by atoms with van der Waals surface area (Å²) in [5.41, 5.74) is 2.75. The highest BCUT2D eigenvalue weighted by atomic mass is 32.2. The van der Waals surface area contributed by atoms with Crippen LogP contribution in [-0.4, -0.2) is 50.6 Å². The average molecular weight is 568 g/mol. The normalized spacial score (nSPS) is 30.8. The maximum Gasteiger partial charge on any atom is 0.312 e. The van der Waals surface area contributed by atoms with Crippen LogP contribution in [0.2, 0.25) is 0 Å². The van der Waals surface area contributed by atoms with E-state index in [2.05, 4.69) is 38.3 Å². The van der Waals surface area contributed by atoms with E-state index in [1.807, 2.05) is 6.07 Å². The molecule has 0 amide bonds. The summed E-state index contributed by atoms with van der Waals surface area (Å²) in [7, 11) is -0.675. The molecule has 2 aliphatic heterocycles.